The molecule has 0 radical (unpaired) electrons. The Balaban J connectivity index is 2.54. The lowest BCUT2D eigenvalue weighted by molar-refractivity contribution is 0.652. The molecule has 0 spiro atoms. The summed E-state index contributed by atoms with van der Waals surface area (Å²) < 4.78 is 1.83. The molecule has 2 heterocycles. The summed E-state index contributed by atoms with van der Waals surface area (Å²) in [6.45, 7) is 4.78. The van der Waals surface area contributed by atoms with E-state index in [2.05, 4.69) is 20.1 Å². The van der Waals surface area contributed by atoms with Gasteiger partial charge in [-0.1, -0.05) is 6.92 Å². The third-order valence-corrected chi connectivity index (χ3v) is 2.39. The molecule has 7 nitrogen and oxygen atoms in total. The number of hydrogen-bond acceptors (Lipinski definition) is 6. The minimum absolute atomic E-state index is 0.120. The van der Waals surface area contributed by atoms with Crippen LogP contribution in [0.4, 0.5) is 11.9 Å². The lowest BCUT2D eigenvalue weighted by Crippen LogP contribution is -2.07. The lowest BCUT2D eigenvalue weighted by atomic mass is 10.3. The lowest BCUT2D eigenvalue weighted by Gasteiger charge is -2.03. The van der Waals surface area contributed by atoms with Crippen molar-refractivity contribution in [3.63, 3.8) is 0 Å². The molecule has 0 aliphatic rings. The predicted octanol–water partition coefficient (Wildman–Crippen LogP) is 0.482. The summed E-state index contributed by atoms with van der Waals surface area (Å²) in [5.74, 6) is 0.702. The quantitative estimate of drug-likeness (QED) is 0.798. The Hall–Kier alpha value is -2.18. The van der Waals surface area contributed by atoms with Gasteiger partial charge in [0.05, 0.1) is 5.69 Å². The van der Waals surface area contributed by atoms with Crippen molar-refractivity contribution in [2.24, 2.45) is 0 Å². The number of hydrogen-bond donors (Lipinski definition) is 2. The van der Waals surface area contributed by atoms with Crippen LogP contribution in [0.3, 0.4) is 0 Å². The standard InChI is InChI=1S/C10H15N7/c1-3-6-5-7(17(4-2)16-6)8-13-9(11)15-10(12)14-8/h5H,3-4H2,1-2H3,(H4,11,12,13,14,15). The van der Waals surface area contributed by atoms with Crippen LogP contribution in [0.5, 0.6) is 0 Å². The van der Waals surface area contributed by atoms with Crippen LogP contribution in [0.1, 0.15) is 19.5 Å². The molecule has 2 aromatic heterocycles. The number of rotatable bonds is 3. The van der Waals surface area contributed by atoms with E-state index in [1.807, 2.05) is 24.6 Å². The molecular weight excluding hydrogens is 218 g/mol. The van der Waals surface area contributed by atoms with Crippen molar-refractivity contribution in [1.82, 2.24) is 24.7 Å². The molecule has 0 bridgehead atoms. The third-order valence-electron chi connectivity index (χ3n) is 2.39. The zero-order chi connectivity index (χ0) is 12.4. The van der Waals surface area contributed by atoms with Crippen molar-refractivity contribution in [2.45, 2.75) is 26.8 Å². The zero-order valence-corrected chi connectivity index (χ0v) is 9.88. The van der Waals surface area contributed by atoms with Gasteiger partial charge in [-0.25, -0.2) is 0 Å². The minimum atomic E-state index is 0.120. The highest BCUT2D eigenvalue weighted by Crippen LogP contribution is 2.18. The highest BCUT2D eigenvalue weighted by Gasteiger charge is 2.12. The van der Waals surface area contributed by atoms with Crippen LogP contribution >= 0.6 is 0 Å². The van der Waals surface area contributed by atoms with Gasteiger partial charge in [-0.15, -0.1) is 0 Å². The Labute approximate surface area is 98.9 Å². The van der Waals surface area contributed by atoms with Crippen molar-refractivity contribution in [1.29, 1.82) is 0 Å². The van der Waals surface area contributed by atoms with Gasteiger partial charge in [-0.3, -0.25) is 4.68 Å². The Morgan fingerprint density at radius 3 is 2.29 bits per heavy atom. The second-order valence-corrected chi connectivity index (χ2v) is 3.57. The van der Waals surface area contributed by atoms with Crippen LogP contribution in [-0.2, 0) is 13.0 Å². The Morgan fingerprint density at radius 2 is 1.76 bits per heavy atom. The molecule has 0 aliphatic heterocycles. The van der Waals surface area contributed by atoms with E-state index < -0.39 is 0 Å². The number of aryl methyl sites for hydroxylation is 2. The van der Waals surface area contributed by atoms with Gasteiger partial charge < -0.3 is 11.5 Å². The summed E-state index contributed by atoms with van der Waals surface area (Å²) in [7, 11) is 0. The second-order valence-electron chi connectivity index (χ2n) is 3.57. The molecule has 0 fully saturated rings. The maximum Gasteiger partial charge on any atom is 0.225 e. The molecule has 0 amide bonds. The number of anilines is 2. The molecule has 0 aromatic carbocycles. The molecule has 0 saturated carbocycles. The van der Waals surface area contributed by atoms with Crippen LogP contribution in [0.25, 0.3) is 11.5 Å². The highest BCUT2D eigenvalue weighted by atomic mass is 15.3. The third kappa shape index (κ3) is 2.17. The summed E-state index contributed by atoms with van der Waals surface area (Å²) in [6.07, 6.45) is 0.857. The SMILES string of the molecule is CCc1cc(-c2nc(N)nc(N)n2)n(CC)n1. The van der Waals surface area contributed by atoms with E-state index in [0.29, 0.717) is 5.82 Å². The predicted molar refractivity (Wildman–Crippen MR) is 64.9 cm³/mol. The topological polar surface area (TPSA) is 109 Å². The summed E-state index contributed by atoms with van der Waals surface area (Å²) in [5.41, 5.74) is 12.9. The maximum absolute atomic E-state index is 5.56. The van der Waals surface area contributed by atoms with Crippen LogP contribution in [0, 0.1) is 0 Å². The van der Waals surface area contributed by atoms with Crippen molar-refractivity contribution in [3.8, 4) is 11.5 Å². The second kappa shape index (κ2) is 4.36. The molecule has 2 rings (SSSR count). The largest absolute Gasteiger partial charge is 0.368 e. The first-order valence-corrected chi connectivity index (χ1v) is 5.48. The molecule has 17 heavy (non-hydrogen) atoms. The van der Waals surface area contributed by atoms with Gasteiger partial charge in [-0.2, -0.15) is 20.1 Å². The van der Waals surface area contributed by atoms with Crippen LogP contribution in [-0.4, -0.2) is 24.7 Å². The molecular formula is C10H15N7. The molecule has 0 unspecified atom stereocenters. The Bertz CT molecular complexity index is 511. The van der Waals surface area contributed by atoms with E-state index in [4.69, 9.17) is 11.5 Å². The van der Waals surface area contributed by atoms with Crippen molar-refractivity contribution >= 4 is 11.9 Å². The van der Waals surface area contributed by atoms with Gasteiger partial charge in [0, 0.05) is 6.54 Å². The first-order chi connectivity index (χ1) is 8.13. The molecule has 4 N–H and O–H groups in total. The van der Waals surface area contributed by atoms with Crippen LogP contribution < -0.4 is 11.5 Å². The maximum atomic E-state index is 5.56. The summed E-state index contributed by atoms with van der Waals surface area (Å²) in [6, 6.07) is 1.94. The Kier molecular flexibility index (Phi) is 2.90. The van der Waals surface area contributed by atoms with E-state index >= 15 is 0 Å². The fourth-order valence-electron chi connectivity index (χ4n) is 1.59. The van der Waals surface area contributed by atoms with Gasteiger partial charge in [0.25, 0.3) is 0 Å². The van der Waals surface area contributed by atoms with Crippen molar-refractivity contribution < 1.29 is 0 Å². The van der Waals surface area contributed by atoms with Gasteiger partial charge in [0.15, 0.2) is 5.82 Å². The molecule has 0 saturated heterocycles. The number of nitrogen functional groups attached to an aromatic ring is 2. The average Bonchev–Trinajstić information content (AvgIpc) is 2.70. The molecule has 2 aromatic rings. The first kappa shape index (κ1) is 11.3. The summed E-state index contributed by atoms with van der Waals surface area (Å²) in [5, 5.41) is 4.42. The molecule has 90 valence electrons. The summed E-state index contributed by atoms with van der Waals surface area (Å²) in [4.78, 5) is 11.9. The Morgan fingerprint density at radius 1 is 1.12 bits per heavy atom. The number of nitrogens with zero attached hydrogens (tertiary/aromatic N) is 5. The minimum Gasteiger partial charge on any atom is -0.368 e. The van der Waals surface area contributed by atoms with Gasteiger partial charge >= 0.3 is 0 Å². The first-order valence-electron chi connectivity index (χ1n) is 5.48. The average molecular weight is 233 g/mol. The fourth-order valence-corrected chi connectivity index (χ4v) is 1.59. The van der Waals surface area contributed by atoms with Crippen molar-refractivity contribution in [3.05, 3.63) is 11.8 Å². The zero-order valence-electron chi connectivity index (χ0n) is 9.88. The van der Waals surface area contributed by atoms with Crippen LogP contribution in [0.2, 0.25) is 0 Å². The molecule has 7 heteroatoms. The number of aromatic nitrogens is 5. The monoisotopic (exact) mass is 233 g/mol. The fraction of sp³-hybridized carbons (Fsp3) is 0.400. The van der Waals surface area contributed by atoms with E-state index in [1.165, 1.54) is 0 Å². The van der Waals surface area contributed by atoms with Gasteiger partial charge in [0.1, 0.15) is 5.69 Å². The van der Waals surface area contributed by atoms with E-state index in [9.17, 15) is 0 Å². The summed E-state index contributed by atoms with van der Waals surface area (Å²) >= 11 is 0. The normalized spacial score (nSPS) is 10.7. The smallest absolute Gasteiger partial charge is 0.225 e. The van der Waals surface area contributed by atoms with Crippen LogP contribution in [0.15, 0.2) is 6.07 Å². The van der Waals surface area contributed by atoms with E-state index in [0.717, 1.165) is 24.4 Å². The molecule has 0 atom stereocenters. The highest BCUT2D eigenvalue weighted by molar-refractivity contribution is 5.53. The van der Waals surface area contributed by atoms with Gasteiger partial charge in [-0.05, 0) is 19.4 Å². The van der Waals surface area contributed by atoms with Crippen molar-refractivity contribution in [2.75, 3.05) is 11.5 Å². The van der Waals surface area contributed by atoms with E-state index in [-0.39, 0.29) is 11.9 Å². The van der Waals surface area contributed by atoms with E-state index in [1.54, 1.807) is 0 Å². The van der Waals surface area contributed by atoms with Gasteiger partial charge in [0.2, 0.25) is 11.9 Å². The number of nitrogens with two attached hydrogens (primary N) is 2. The molecule has 0 aliphatic carbocycles.